The quantitative estimate of drug-likeness (QED) is 0.517. The number of nitrogens with zero attached hydrogens (tertiary/aromatic N) is 1. The van der Waals surface area contributed by atoms with Crippen LogP contribution in [0.3, 0.4) is 0 Å². The molecule has 0 aromatic carbocycles. The molecule has 2 aliphatic heterocycles. The highest BCUT2D eigenvalue weighted by molar-refractivity contribution is 6.40. The Balaban J connectivity index is 2.28. The lowest BCUT2D eigenvalue weighted by molar-refractivity contribution is 0.174. The molecule has 0 aliphatic carbocycles. The Morgan fingerprint density at radius 3 is 2.00 bits per heavy atom. The Kier molecular flexibility index (Phi) is 1.84. The third kappa shape index (κ3) is 0.985. The first-order chi connectivity index (χ1) is 5.56. The van der Waals surface area contributed by atoms with E-state index in [2.05, 4.69) is 4.90 Å². The number of hydrogen-bond acceptors (Lipinski definition) is 1. The maximum absolute atomic E-state index is 6.05. The van der Waals surface area contributed by atoms with Crippen molar-refractivity contribution in [3.05, 3.63) is 0 Å². The molecule has 2 saturated heterocycles. The van der Waals surface area contributed by atoms with Gasteiger partial charge in [0.25, 0.3) is 0 Å². The van der Waals surface area contributed by atoms with Gasteiger partial charge < -0.3 is 0 Å². The second kappa shape index (κ2) is 2.54. The molecule has 0 unspecified atom stereocenters. The van der Waals surface area contributed by atoms with E-state index < -0.39 is 5.21 Å². The van der Waals surface area contributed by atoms with E-state index in [9.17, 15) is 0 Å². The molecule has 0 bridgehead atoms. The summed E-state index contributed by atoms with van der Waals surface area (Å²) in [5.41, 5.74) is 0.132. The maximum Gasteiger partial charge on any atom is 0.0641 e. The lowest BCUT2D eigenvalue weighted by atomic mass is 9.45. The average Bonchev–Trinajstić information content (AvgIpc) is 2.37. The van der Waals surface area contributed by atoms with Gasteiger partial charge in [0.1, 0.15) is 0 Å². The molecule has 62 valence electrons. The van der Waals surface area contributed by atoms with Crippen LogP contribution in [-0.4, -0.2) is 39.2 Å². The van der Waals surface area contributed by atoms with Crippen LogP contribution < -0.4 is 0 Å². The van der Waals surface area contributed by atoms with E-state index in [1.165, 1.54) is 38.8 Å². The number of hydrogen-bond donors (Lipinski definition) is 0. The molecule has 0 atom stereocenters. The molecule has 2 aliphatic rings. The fourth-order valence-corrected chi connectivity index (χ4v) is 2.99. The summed E-state index contributed by atoms with van der Waals surface area (Å²) in [4.78, 5) is 2.49. The highest BCUT2D eigenvalue weighted by Crippen LogP contribution is 2.50. The predicted octanol–water partition coefficient (Wildman–Crippen LogP) is 1.09. The van der Waals surface area contributed by atoms with Gasteiger partial charge >= 0.3 is 0 Å². The molecule has 2 fully saturated rings. The molecule has 3 heteroatoms. The summed E-state index contributed by atoms with van der Waals surface area (Å²) in [5.74, 6) is 0. The van der Waals surface area contributed by atoms with Crippen LogP contribution in [0.1, 0.15) is 32.6 Å². The van der Waals surface area contributed by atoms with Gasteiger partial charge in [-0.1, -0.05) is 12.1 Å². The summed E-state index contributed by atoms with van der Waals surface area (Å²) < 4.78 is 0. The molecule has 0 N–H and O–H groups in total. The highest BCUT2D eigenvalue weighted by Gasteiger charge is 2.50. The standard InChI is InChI=1S/C9H15B2N/c1-8(10,11)9-4-2-6-12(9)7-3-5-9/h2-7H2,1H3. The molecule has 1 nitrogen and oxygen atoms in total. The van der Waals surface area contributed by atoms with E-state index in [4.69, 9.17) is 15.7 Å². The van der Waals surface area contributed by atoms with Gasteiger partial charge in [-0.25, -0.2) is 0 Å². The van der Waals surface area contributed by atoms with Gasteiger partial charge in [-0.05, 0) is 38.8 Å². The lowest BCUT2D eigenvalue weighted by Gasteiger charge is -2.45. The molecule has 0 spiro atoms. The summed E-state index contributed by atoms with van der Waals surface area (Å²) in [5, 5.41) is -0.514. The largest absolute Gasteiger partial charge is 0.299 e. The fraction of sp³-hybridized carbons (Fsp3) is 1.00. The summed E-state index contributed by atoms with van der Waals surface area (Å²) in [6, 6.07) is 0. The van der Waals surface area contributed by atoms with Gasteiger partial charge in [0, 0.05) is 5.54 Å². The Labute approximate surface area is 77.7 Å². The van der Waals surface area contributed by atoms with Crippen molar-refractivity contribution in [2.24, 2.45) is 0 Å². The third-order valence-corrected chi connectivity index (χ3v) is 3.64. The number of rotatable bonds is 1. The van der Waals surface area contributed by atoms with Crippen molar-refractivity contribution in [2.75, 3.05) is 13.1 Å². The Bertz CT molecular complexity index is 175. The summed E-state index contributed by atoms with van der Waals surface area (Å²) in [6.45, 7) is 4.37. The van der Waals surface area contributed by atoms with Crippen LogP contribution >= 0.6 is 0 Å². The maximum atomic E-state index is 6.05. The van der Waals surface area contributed by atoms with Gasteiger partial charge in [-0.3, -0.25) is 4.90 Å². The van der Waals surface area contributed by atoms with Crippen molar-refractivity contribution in [1.29, 1.82) is 0 Å². The van der Waals surface area contributed by atoms with E-state index in [0.717, 1.165) is 0 Å². The second-order valence-electron chi connectivity index (χ2n) is 4.51. The van der Waals surface area contributed by atoms with Crippen LogP contribution in [0.15, 0.2) is 0 Å². The van der Waals surface area contributed by atoms with E-state index in [1.54, 1.807) is 0 Å². The van der Waals surface area contributed by atoms with Gasteiger partial charge in [-0.15, -0.1) is 0 Å². The van der Waals surface area contributed by atoms with Crippen LogP contribution in [0.5, 0.6) is 0 Å². The van der Waals surface area contributed by atoms with Crippen molar-refractivity contribution in [3.8, 4) is 0 Å². The van der Waals surface area contributed by atoms with E-state index in [1.807, 2.05) is 6.92 Å². The average molecular weight is 159 g/mol. The first-order valence-electron chi connectivity index (χ1n) is 4.89. The Morgan fingerprint density at radius 1 is 1.17 bits per heavy atom. The molecule has 12 heavy (non-hydrogen) atoms. The third-order valence-electron chi connectivity index (χ3n) is 3.64. The van der Waals surface area contributed by atoms with Crippen molar-refractivity contribution >= 4 is 15.7 Å². The summed E-state index contributed by atoms with van der Waals surface area (Å²) in [6.07, 6.45) is 4.92. The topological polar surface area (TPSA) is 3.24 Å². The molecule has 2 rings (SSSR count). The molecule has 0 aromatic rings. The first-order valence-corrected chi connectivity index (χ1v) is 4.89. The SMILES string of the molecule is [B]C([B])(C)C12CCCN1CCC2. The molecular formula is C9H15B2N. The van der Waals surface area contributed by atoms with Crippen LogP contribution in [0.4, 0.5) is 0 Å². The van der Waals surface area contributed by atoms with Crippen molar-refractivity contribution in [3.63, 3.8) is 0 Å². The van der Waals surface area contributed by atoms with Gasteiger partial charge in [-0.2, -0.15) is 0 Å². The molecule has 0 saturated carbocycles. The molecule has 0 aromatic heterocycles. The van der Waals surface area contributed by atoms with Crippen LogP contribution in [0, 0.1) is 0 Å². The minimum atomic E-state index is -0.514. The second-order valence-corrected chi connectivity index (χ2v) is 4.51. The zero-order chi connectivity index (χ0) is 8.82. The highest BCUT2D eigenvalue weighted by atomic mass is 15.2. The summed E-state index contributed by atoms with van der Waals surface area (Å²) >= 11 is 0. The molecule has 2 heterocycles. The normalized spacial score (nSPS) is 29.1. The van der Waals surface area contributed by atoms with Gasteiger partial charge in [0.2, 0.25) is 0 Å². The zero-order valence-electron chi connectivity index (χ0n) is 7.84. The minimum Gasteiger partial charge on any atom is -0.299 e. The van der Waals surface area contributed by atoms with Gasteiger partial charge in [0.15, 0.2) is 0 Å². The monoisotopic (exact) mass is 159 g/mol. The lowest BCUT2D eigenvalue weighted by Crippen LogP contribution is -2.48. The molecular weight excluding hydrogens is 144 g/mol. The van der Waals surface area contributed by atoms with Crippen LogP contribution in [-0.2, 0) is 0 Å². The van der Waals surface area contributed by atoms with Crippen LogP contribution in [0.2, 0.25) is 5.21 Å². The summed E-state index contributed by atoms with van der Waals surface area (Å²) in [7, 11) is 12.1. The van der Waals surface area contributed by atoms with E-state index in [-0.39, 0.29) is 5.54 Å². The predicted molar refractivity (Wildman–Crippen MR) is 52.6 cm³/mol. The Hall–Kier alpha value is 0.0899. The molecule has 4 radical (unpaired) electrons. The minimum absolute atomic E-state index is 0.132. The number of fused-ring (bicyclic) bond motifs is 1. The zero-order valence-corrected chi connectivity index (χ0v) is 7.84. The van der Waals surface area contributed by atoms with E-state index >= 15 is 0 Å². The van der Waals surface area contributed by atoms with Crippen molar-refractivity contribution in [2.45, 2.75) is 43.4 Å². The van der Waals surface area contributed by atoms with Gasteiger partial charge in [0.05, 0.1) is 15.7 Å². The smallest absolute Gasteiger partial charge is 0.0641 e. The van der Waals surface area contributed by atoms with E-state index in [0.29, 0.717) is 0 Å². The van der Waals surface area contributed by atoms with Crippen molar-refractivity contribution in [1.82, 2.24) is 4.90 Å². The molecule has 0 amide bonds. The first kappa shape index (κ1) is 8.68. The Morgan fingerprint density at radius 2 is 1.67 bits per heavy atom. The van der Waals surface area contributed by atoms with Crippen molar-refractivity contribution < 1.29 is 0 Å². The fourth-order valence-electron chi connectivity index (χ4n) is 2.99. The van der Waals surface area contributed by atoms with Crippen LogP contribution in [0.25, 0.3) is 0 Å².